The van der Waals surface area contributed by atoms with Crippen molar-refractivity contribution < 1.29 is 14.1 Å². The van der Waals surface area contributed by atoms with E-state index in [1.54, 1.807) is 0 Å². The van der Waals surface area contributed by atoms with Crippen LogP contribution in [0.3, 0.4) is 0 Å². The molecule has 2 rings (SSSR count). The first kappa shape index (κ1) is 14.0. The summed E-state index contributed by atoms with van der Waals surface area (Å²) in [5.41, 5.74) is 1.23. The molecule has 0 amide bonds. The molecule has 0 spiro atoms. The topological polar surface area (TPSA) is 52.4 Å². The van der Waals surface area contributed by atoms with Gasteiger partial charge in [-0.3, -0.25) is 10.1 Å². The molecule has 0 bridgehead atoms. The van der Waals surface area contributed by atoms with E-state index in [1.165, 1.54) is 11.6 Å². The molecule has 0 heterocycles. The standard InChI is InChI=1S/C15H14FNO3/c1-2-11-3-6-13(7-4-11)20-10-12-5-8-15(17(18)19)14(16)9-12/h3-9H,2,10H2,1H3. The molecular weight excluding hydrogens is 261 g/mol. The van der Waals surface area contributed by atoms with Crippen molar-refractivity contribution in [3.63, 3.8) is 0 Å². The number of aryl methyl sites for hydroxylation is 1. The SMILES string of the molecule is CCc1ccc(OCc2ccc([N+](=O)[O-])c(F)c2)cc1. The van der Waals surface area contributed by atoms with E-state index in [9.17, 15) is 14.5 Å². The third kappa shape index (κ3) is 3.32. The highest BCUT2D eigenvalue weighted by Crippen LogP contribution is 2.20. The molecule has 0 aliphatic rings. The van der Waals surface area contributed by atoms with Gasteiger partial charge in [0, 0.05) is 6.07 Å². The molecule has 2 aromatic rings. The number of nitro groups is 1. The minimum absolute atomic E-state index is 0.167. The summed E-state index contributed by atoms with van der Waals surface area (Å²) in [5, 5.41) is 10.5. The van der Waals surface area contributed by atoms with Crippen LogP contribution in [0.2, 0.25) is 0 Å². The van der Waals surface area contributed by atoms with Crippen LogP contribution in [0.5, 0.6) is 5.75 Å². The number of ether oxygens (including phenoxy) is 1. The van der Waals surface area contributed by atoms with E-state index in [4.69, 9.17) is 4.74 Å². The zero-order chi connectivity index (χ0) is 14.5. The van der Waals surface area contributed by atoms with Crippen LogP contribution in [-0.2, 0) is 13.0 Å². The van der Waals surface area contributed by atoms with Crippen LogP contribution in [0.25, 0.3) is 0 Å². The first-order valence-electron chi connectivity index (χ1n) is 6.24. The zero-order valence-corrected chi connectivity index (χ0v) is 11.0. The van der Waals surface area contributed by atoms with Crippen molar-refractivity contribution in [3.8, 4) is 5.75 Å². The largest absolute Gasteiger partial charge is 0.489 e. The number of hydrogen-bond donors (Lipinski definition) is 0. The summed E-state index contributed by atoms with van der Waals surface area (Å²) in [5.74, 6) is -0.168. The van der Waals surface area contributed by atoms with Gasteiger partial charge in [-0.15, -0.1) is 0 Å². The van der Waals surface area contributed by atoms with E-state index in [2.05, 4.69) is 6.92 Å². The van der Waals surface area contributed by atoms with Crippen molar-refractivity contribution in [1.29, 1.82) is 0 Å². The molecule has 4 nitrogen and oxygen atoms in total. The molecule has 0 saturated heterocycles. The van der Waals surface area contributed by atoms with E-state index in [1.807, 2.05) is 24.3 Å². The molecule has 2 aromatic carbocycles. The van der Waals surface area contributed by atoms with Crippen molar-refractivity contribution >= 4 is 5.69 Å². The van der Waals surface area contributed by atoms with Gasteiger partial charge < -0.3 is 4.74 Å². The summed E-state index contributed by atoms with van der Waals surface area (Å²) in [7, 11) is 0. The Labute approximate surface area is 116 Å². The fourth-order valence-electron chi connectivity index (χ4n) is 1.78. The predicted octanol–water partition coefficient (Wildman–Crippen LogP) is 3.88. The van der Waals surface area contributed by atoms with Crippen molar-refractivity contribution in [2.45, 2.75) is 20.0 Å². The first-order valence-corrected chi connectivity index (χ1v) is 6.24. The average Bonchev–Trinajstić information content (AvgIpc) is 2.45. The number of hydrogen-bond acceptors (Lipinski definition) is 3. The molecule has 0 radical (unpaired) electrons. The molecule has 20 heavy (non-hydrogen) atoms. The van der Waals surface area contributed by atoms with Crippen molar-refractivity contribution in [1.82, 2.24) is 0 Å². The molecular formula is C15H14FNO3. The average molecular weight is 275 g/mol. The number of halogens is 1. The Kier molecular flexibility index (Phi) is 4.30. The Hall–Kier alpha value is -2.43. The summed E-state index contributed by atoms with van der Waals surface area (Å²) in [4.78, 5) is 9.76. The van der Waals surface area contributed by atoms with Gasteiger partial charge in [0.2, 0.25) is 5.82 Å². The van der Waals surface area contributed by atoms with Gasteiger partial charge >= 0.3 is 5.69 Å². The summed E-state index contributed by atoms with van der Waals surface area (Å²) in [6.07, 6.45) is 0.952. The van der Waals surface area contributed by atoms with E-state index in [0.29, 0.717) is 11.3 Å². The molecule has 0 fully saturated rings. The fraction of sp³-hybridized carbons (Fsp3) is 0.200. The summed E-state index contributed by atoms with van der Waals surface area (Å²) < 4.78 is 18.9. The molecule has 0 unspecified atom stereocenters. The van der Waals surface area contributed by atoms with Gasteiger partial charge in [0.15, 0.2) is 0 Å². The first-order chi connectivity index (χ1) is 9.60. The molecule has 0 aliphatic carbocycles. The zero-order valence-electron chi connectivity index (χ0n) is 11.0. The maximum absolute atomic E-state index is 13.4. The van der Waals surface area contributed by atoms with Gasteiger partial charge in [-0.25, -0.2) is 0 Å². The Morgan fingerprint density at radius 2 is 1.80 bits per heavy atom. The van der Waals surface area contributed by atoms with Crippen molar-refractivity contribution in [2.24, 2.45) is 0 Å². The molecule has 0 aromatic heterocycles. The van der Waals surface area contributed by atoms with Gasteiger partial charge in [-0.1, -0.05) is 19.1 Å². The van der Waals surface area contributed by atoms with Crippen LogP contribution in [0.1, 0.15) is 18.1 Å². The minimum Gasteiger partial charge on any atom is -0.489 e. The highest BCUT2D eigenvalue weighted by Gasteiger charge is 2.13. The summed E-state index contributed by atoms with van der Waals surface area (Å²) >= 11 is 0. The number of benzene rings is 2. The third-order valence-electron chi connectivity index (χ3n) is 2.95. The van der Waals surface area contributed by atoms with Gasteiger partial charge in [-0.05, 0) is 41.8 Å². The van der Waals surface area contributed by atoms with Gasteiger partial charge in [0.25, 0.3) is 0 Å². The molecule has 0 N–H and O–H groups in total. The predicted molar refractivity (Wildman–Crippen MR) is 73.2 cm³/mol. The maximum Gasteiger partial charge on any atom is 0.304 e. The quantitative estimate of drug-likeness (QED) is 0.614. The van der Waals surface area contributed by atoms with Crippen LogP contribution in [0.4, 0.5) is 10.1 Å². The lowest BCUT2D eigenvalue weighted by Gasteiger charge is -2.07. The lowest BCUT2D eigenvalue weighted by atomic mass is 10.2. The minimum atomic E-state index is -0.850. The van der Waals surface area contributed by atoms with Crippen LogP contribution < -0.4 is 4.74 Å². The number of rotatable bonds is 5. The maximum atomic E-state index is 13.4. The second-order valence-electron chi connectivity index (χ2n) is 4.33. The Morgan fingerprint density at radius 1 is 1.15 bits per heavy atom. The highest BCUT2D eigenvalue weighted by atomic mass is 19.1. The monoisotopic (exact) mass is 275 g/mol. The third-order valence-corrected chi connectivity index (χ3v) is 2.95. The highest BCUT2D eigenvalue weighted by molar-refractivity contribution is 5.35. The van der Waals surface area contributed by atoms with Gasteiger partial charge in [-0.2, -0.15) is 4.39 Å². The van der Waals surface area contributed by atoms with E-state index in [0.717, 1.165) is 18.6 Å². The number of nitrogens with zero attached hydrogens (tertiary/aromatic N) is 1. The lowest BCUT2D eigenvalue weighted by molar-refractivity contribution is -0.387. The second-order valence-corrected chi connectivity index (χ2v) is 4.33. The van der Waals surface area contributed by atoms with Crippen molar-refractivity contribution in [2.75, 3.05) is 0 Å². The van der Waals surface area contributed by atoms with Gasteiger partial charge in [0.05, 0.1) is 4.92 Å². The summed E-state index contributed by atoms with van der Waals surface area (Å²) in [6, 6.07) is 11.4. The smallest absolute Gasteiger partial charge is 0.304 e. The molecule has 0 atom stereocenters. The van der Waals surface area contributed by atoms with Gasteiger partial charge in [0.1, 0.15) is 12.4 Å². The Balaban J connectivity index is 2.03. The lowest BCUT2D eigenvalue weighted by Crippen LogP contribution is -1.98. The second kappa shape index (κ2) is 6.14. The normalized spacial score (nSPS) is 10.3. The molecule has 104 valence electrons. The van der Waals surface area contributed by atoms with E-state index < -0.39 is 16.4 Å². The van der Waals surface area contributed by atoms with Crippen molar-refractivity contribution in [3.05, 3.63) is 69.5 Å². The molecule has 5 heteroatoms. The summed E-state index contributed by atoms with van der Waals surface area (Å²) in [6.45, 7) is 2.23. The Morgan fingerprint density at radius 3 is 2.35 bits per heavy atom. The van der Waals surface area contributed by atoms with Crippen LogP contribution >= 0.6 is 0 Å². The van der Waals surface area contributed by atoms with E-state index >= 15 is 0 Å². The fourth-order valence-corrected chi connectivity index (χ4v) is 1.78. The Bertz CT molecular complexity index is 611. The number of nitro benzene ring substituents is 1. The van der Waals surface area contributed by atoms with Crippen LogP contribution in [-0.4, -0.2) is 4.92 Å². The van der Waals surface area contributed by atoms with Crippen LogP contribution in [0.15, 0.2) is 42.5 Å². The van der Waals surface area contributed by atoms with E-state index in [-0.39, 0.29) is 6.61 Å². The molecule has 0 saturated carbocycles. The molecule has 0 aliphatic heterocycles. The van der Waals surface area contributed by atoms with Crippen LogP contribution in [0, 0.1) is 15.9 Å².